The van der Waals surface area contributed by atoms with Crippen LogP contribution in [0.4, 0.5) is 0 Å². The number of nitrogens with zero attached hydrogens (tertiary/aromatic N) is 2. The smallest absolute Gasteiger partial charge is 0.0925 e. The number of imidazole rings is 1. The third kappa shape index (κ3) is 2.60. The number of hydrogen-bond acceptors (Lipinski definition) is 5. The highest BCUT2D eigenvalue weighted by molar-refractivity contribution is 7.11. The van der Waals surface area contributed by atoms with Crippen LogP contribution in [0.5, 0.6) is 0 Å². The van der Waals surface area contributed by atoms with E-state index in [9.17, 15) is 0 Å². The van der Waals surface area contributed by atoms with Crippen LogP contribution in [0.3, 0.4) is 0 Å². The first-order valence-corrected chi connectivity index (χ1v) is 6.99. The standard InChI is InChI=1S/C12H17N5S/c1-8-14-5-10(18-8)4-13-3-9-2-11-12(6-15-9)17-7-16-11/h5,7,9,13,15H,2-4,6H2,1H3,(H,16,17). The van der Waals surface area contributed by atoms with Gasteiger partial charge in [-0.05, 0) is 6.92 Å². The molecule has 96 valence electrons. The highest BCUT2D eigenvalue weighted by atomic mass is 32.1. The number of nitrogens with one attached hydrogen (secondary N) is 3. The molecule has 0 spiro atoms. The fraction of sp³-hybridized carbons (Fsp3) is 0.500. The predicted octanol–water partition coefficient (Wildman–Crippen LogP) is 0.979. The zero-order chi connectivity index (χ0) is 12.4. The lowest BCUT2D eigenvalue weighted by atomic mass is 10.1. The quantitative estimate of drug-likeness (QED) is 0.769. The highest BCUT2D eigenvalue weighted by Crippen LogP contribution is 2.13. The second-order valence-electron chi connectivity index (χ2n) is 4.59. The van der Waals surface area contributed by atoms with Crippen molar-refractivity contribution in [3.63, 3.8) is 0 Å². The van der Waals surface area contributed by atoms with E-state index in [0.717, 1.165) is 31.1 Å². The van der Waals surface area contributed by atoms with Crippen LogP contribution in [-0.4, -0.2) is 27.5 Å². The highest BCUT2D eigenvalue weighted by Gasteiger charge is 2.19. The molecule has 0 bridgehead atoms. The third-order valence-corrected chi connectivity index (χ3v) is 4.09. The van der Waals surface area contributed by atoms with E-state index < -0.39 is 0 Å². The summed E-state index contributed by atoms with van der Waals surface area (Å²) >= 11 is 1.75. The minimum absolute atomic E-state index is 0.467. The number of fused-ring (bicyclic) bond motifs is 1. The lowest BCUT2D eigenvalue weighted by Gasteiger charge is -2.23. The topological polar surface area (TPSA) is 65.6 Å². The molecule has 18 heavy (non-hydrogen) atoms. The molecule has 3 heterocycles. The normalized spacial score (nSPS) is 18.8. The zero-order valence-corrected chi connectivity index (χ0v) is 11.2. The van der Waals surface area contributed by atoms with Gasteiger partial charge in [-0.1, -0.05) is 0 Å². The van der Waals surface area contributed by atoms with E-state index in [2.05, 4.69) is 25.6 Å². The van der Waals surface area contributed by atoms with Crippen molar-refractivity contribution in [1.82, 2.24) is 25.6 Å². The lowest BCUT2D eigenvalue weighted by molar-refractivity contribution is 0.441. The molecule has 1 atom stereocenters. The van der Waals surface area contributed by atoms with E-state index in [4.69, 9.17) is 0 Å². The second kappa shape index (κ2) is 5.17. The summed E-state index contributed by atoms with van der Waals surface area (Å²) in [5.74, 6) is 0. The Morgan fingerprint density at radius 1 is 1.50 bits per heavy atom. The van der Waals surface area contributed by atoms with Crippen LogP contribution in [-0.2, 0) is 19.5 Å². The van der Waals surface area contributed by atoms with Crippen molar-refractivity contribution in [2.45, 2.75) is 32.5 Å². The van der Waals surface area contributed by atoms with Gasteiger partial charge in [-0.15, -0.1) is 11.3 Å². The molecule has 0 radical (unpaired) electrons. The number of aromatic amines is 1. The number of aromatic nitrogens is 3. The van der Waals surface area contributed by atoms with Gasteiger partial charge in [0.1, 0.15) is 0 Å². The van der Waals surface area contributed by atoms with Crippen molar-refractivity contribution in [1.29, 1.82) is 0 Å². The van der Waals surface area contributed by atoms with E-state index in [1.54, 1.807) is 17.7 Å². The van der Waals surface area contributed by atoms with Crippen molar-refractivity contribution in [3.05, 3.63) is 33.8 Å². The molecule has 0 aromatic carbocycles. The predicted molar refractivity (Wildman–Crippen MR) is 71.5 cm³/mol. The zero-order valence-electron chi connectivity index (χ0n) is 10.4. The number of H-pyrrole nitrogens is 1. The van der Waals surface area contributed by atoms with Crippen LogP contribution in [0.1, 0.15) is 21.3 Å². The van der Waals surface area contributed by atoms with E-state index in [0.29, 0.717) is 6.04 Å². The van der Waals surface area contributed by atoms with Crippen LogP contribution < -0.4 is 10.6 Å². The van der Waals surface area contributed by atoms with Crippen molar-refractivity contribution >= 4 is 11.3 Å². The van der Waals surface area contributed by atoms with E-state index >= 15 is 0 Å². The molecule has 3 N–H and O–H groups in total. The fourth-order valence-corrected chi connectivity index (χ4v) is 3.00. The summed E-state index contributed by atoms with van der Waals surface area (Å²) in [5.41, 5.74) is 2.43. The molecule has 0 aliphatic carbocycles. The molecule has 5 nitrogen and oxygen atoms in total. The molecule has 3 rings (SSSR count). The number of rotatable bonds is 4. The van der Waals surface area contributed by atoms with Crippen molar-refractivity contribution in [2.24, 2.45) is 0 Å². The fourth-order valence-electron chi connectivity index (χ4n) is 2.23. The SMILES string of the molecule is Cc1ncc(CNCC2Cc3nc[nH]c3CN2)s1. The number of thiazole rings is 1. The molecule has 0 fully saturated rings. The second-order valence-corrected chi connectivity index (χ2v) is 5.91. The monoisotopic (exact) mass is 263 g/mol. The van der Waals surface area contributed by atoms with Crippen LogP contribution in [0.2, 0.25) is 0 Å². The molecule has 2 aromatic heterocycles. The molecule has 0 saturated carbocycles. The Balaban J connectivity index is 1.47. The Labute approximate surface area is 110 Å². The molecule has 6 heteroatoms. The summed E-state index contributed by atoms with van der Waals surface area (Å²) in [6.45, 7) is 4.79. The minimum atomic E-state index is 0.467. The van der Waals surface area contributed by atoms with Crippen LogP contribution in [0.15, 0.2) is 12.5 Å². The summed E-state index contributed by atoms with van der Waals surface area (Å²) in [4.78, 5) is 13.1. The van der Waals surface area contributed by atoms with Crippen LogP contribution >= 0.6 is 11.3 Å². The summed E-state index contributed by atoms with van der Waals surface area (Å²) in [6, 6.07) is 0.467. The Morgan fingerprint density at radius 2 is 2.44 bits per heavy atom. The summed E-state index contributed by atoms with van der Waals surface area (Å²) in [5, 5.41) is 8.11. The first-order chi connectivity index (χ1) is 8.81. The first-order valence-electron chi connectivity index (χ1n) is 6.18. The third-order valence-electron chi connectivity index (χ3n) is 3.17. The molecule has 1 unspecified atom stereocenters. The summed E-state index contributed by atoms with van der Waals surface area (Å²) in [6.07, 6.45) is 4.73. The summed E-state index contributed by atoms with van der Waals surface area (Å²) in [7, 11) is 0. The Hall–Kier alpha value is -1.24. The number of hydrogen-bond donors (Lipinski definition) is 3. The van der Waals surface area contributed by atoms with Gasteiger partial charge in [0.2, 0.25) is 0 Å². The van der Waals surface area contributed by atoms with Gasteiger partial charge in [0.25, 0.3) is 0 Å². The molecule has 2 aromatic rings. The first kappa shape index (κ1) is 11.8. The van der Waals surface area contributed by atoms with Gasteiger partial charge >= 0.3 is 0 Å². The molecular formula is C12H17N5S. The molecule has 1 aliphatic heterocycles. The van der Waals surface area contributed by atoms with Gasteiger partial charge in [-0.2, -0.15) is 0 Å². The Morgan fingerprint density at radius 3 is 3.28 bits per heavy atom. The van der Waals surface area contributed by atoms with Crippen molar-refractivity contribution < 1.29 is 0 Å². The Kier molecular flexibility index (Phi) is 3.40. The average molecular weight is 263 g/mol. The minimum Gasteiger partial charge on any atom is -0.347 e. The average Bonchev–Trinajstić information content (AvgIpc) is 2.97. The van der Waals surface area contributed by atoms with Crippen molar-refractivity contribution in [3.8, 4) is 0 Å². The van der Waals surface area contributed by atoms with Gasteiger partial charge in [0.15, 0.2) is 0 Å². The maximum Gasteiger partial charge on any atom is 0.0925 e. The van der Waals surface area contributed by atoms with Gasteiger partial charge in [-0.3, -0.25) is 0 Å². The maximum atomic E-state index is 4.35. The van der Waals surface area contributed by atoms with Crippen LogP contribution in [0, 0.1) is 6.92 Å². The van der Waals surface area contributed by atoms with E-state index in [-0.39, 0.29) is 0 Å². The van der Waals surface area contributed by atoms with E-state index in [1.165, 1.54) is 16.3 Å². The van der Waals surface area contributed by atoms with Gasteiger partial charge in [0, 0.05) is 43.2 Å². The van der Waals surface area contributed by atoms with Gasteiger partial charge in [0.05, 0.1) is 22.7 Å². The lowest BCUT2D eigenvalue weighted by Crippen LogP contribution is -2.42. The van der Waals surface area contributed by atoms with E-state index in [1.807, 2.05) is 13.1 Å². The molecule has 1 aliphatic rings. The molecule has 0 amide bonds. The largest absolute Gasteiger partial charge is 0.347 e. The van der Waals surface area contributed by atoms with Gasteiger partial charge < -0.3 is 15.6 Å². The molecule has 0 saturated heterocycles. The summed E-state index contributed by atoms with van der Waals surface area (Å²) < 4.78 is 0. The van der Waals surface area contributed by atoms with Crippen LogP contribution in [0.25, 0.3) is 0 Å². The molecular weight excluding hydrogens is 246 g/mol. The maximum absolute atomic E-state index is 4.35. The van der Waals surface area contributed by atoms with Crippen molar-refractivity contribution in [2.75, 3.05) is 6.54 Å². The Bertz CT molecular complexity index is 518. The van der Waals surface area contributed by atoms with Gasteiger partial charge in [-0.25, -0.2) is 9.97 Å². The number of aryl methyl sites for hydroxylation is 1.